The largest absolute Gasteiger partial charge is 1.00 e. The van der Waals surface area contributed by atoms with Crippen LogP contribution in [-0.4, -0.2) is 38.5 Å². The first kappa shape index (κ1) is 21.8. The van der Waals surface area contributed by atoms with E-state index in [9.17, 15) is 18.0 Å². The Kier molecular flexibility index (Phi) is 7.74. The van der Waals surface area contributed by atoms with E-state index in [1.165, 1.54) is 17.4 Å². The molecule has 7 heteroatoms. The highest BCUT2D eigenvalue weighted by atomic mass is 35.5. The number of nitrogens with zero attached hydrogens (tertiary/aromatic N) is 1. The summed E-state index contributed by atoms with van der Waals surface area (Å²) >= 11 is 0. The number of Topliss-reactive ketones (excluding diaryl/α,β-unsaturated/α-hetero) is 1. The Morgan fingerprint density at radius 1 is 1.11 bits per heavy atom. The van der Waals surface area contributed by atoms with Crippen LogP contribution in [0.15, 0.2) is 35.9 Å². The third kappa shape index (κ3) is 5.72. The van der Waals surface area contributed by atoms with Crippen molar-refractivity contribution in [1.82, 2.24) is 0 Å². The maximum Gasteiger partial charge on any atom is 0.418 e. The topological polar surface area (TPSA) is 24.8 Å². The predicted molar refractivity (Wildman–Crippen MR) is 95.4 cm³/mol. The van der Waals surface area contributed by atoms with Crippen LogP contribution in [0.1, 0.15) is 37.7 Å². The van der Waals surface area contributed by atoms with Crippen LogP contribution >= 0.6 is 0 Å². The van der Waals surface area contributed by atoms with Gasteiger partial charge in [0.15, 0.2) is 5.78 Å². The molecule has 0 bridgehead atoms. The molecule has 1 heterocycles. The SMILES string of the molecule is O=C(CC[NH+]1CCN(c2ccccc2C(F)(F)F)CC1)C1=CCCCC1.[Cl-]. The molecule has 1 N–H and O–H groups in total. The molecule has 2 aliphatic rings. The second-order valence-corrected chi connectivity index (χ2v) is 7.15. The Morgan fingerprint density at radius 3 is 2.44 bits per heavy atom. The third-order valence-electron chi connectivity index (χ3n) is 5.38. The highest BCUT2D eigenvalue weighted by Crippen LogP contribution is 2.36. The van der Waals surface area contributed by atoms with Gasteiger partial charge in [0.05, 0.1) is 44.7 Å². The summed E-state index contributed by atoms with van der Waals surface area (Å²) in [5.41, 5.74) is 0.679. The molecule has 0 amide bonds. The quantitative estimate of drug-likeness (QED) is 0.742. The van der Waals surface area contributed by atoms with Gasteiger partial charge < -0.3 is 22.2 Å². The van der Waals surface area contributed by atoms with E-state index in [0.717, 1.165) is 50.5 Å². The van der Waals surface area contributed by atoms with E-state index in [4.69, 9.17) is 0 Å². The van der Waals surface area contributed by atoms with E-state index in [2.05, 4.69) is 6.08 Å². The third-order valence-corrected chi connectivity index (χ3v) is 5.38. The Morgan fingerprint density at radius 2 is 1.81 bits per heavy atom. The molecule has 1 aliphatic heterocycles. The second kappa shape index (κ2) is 9.60. The highest BCUT2D eigenvalue weighted by molar-refractivity contribution is 5.95. The van der Waals surface area contributed by atoms with Crippen LogP contribution in [0.3, 0.4) is 0 Å². The fourth-order valence-electron chi connectivity index (χ4n) is 3.85. The molecule has 150 valence electrons. The van der Waals surface area contributed by atoms with Crippen molar-refractivity contribution in [2.24, 2.45) is 0 Å². The Labute approximate surface area is 164 Å². The van der Waals surface area contributed by atoms with Crippen molar-refractivity contribution < 1.29 is 35.3 Å². The molecule has 0 atom stereocenters. The normalized spacial score (nSPS) is 18.6. The zero-order chi connectivity index (χ0) is 18.6. The smallest absolute Gasteiger partial charge is 0.418 e. The summed E-state index contributed by atoms with van der Waals surface area (Å²) in [6.45, 7) is 3.46. The zero-order valence-corrected chi connectivity index (χ0v) is 16.1. The van der Waals surface area contributed by atoms with E-state index < -0.39 is 11.7 Å². The van der Waals surface area contributed by atoms with Crippen LogP contribution in [0.2, 0.25) is 0 Å². The van der Waals surface area contributed by atoms with Crippen LogP contribution in [0.5, 0.6) is 0 Å². The Hall–Kier alpha value is -1.53. The predicted octanol–water partition coefficient (Wildman–Crippen LogP) is -0.126. The molecule has 0 unspecified atom stereocenters. The summed E-state index contributed by atoms with van der Waals surface area (Å²) in [7, 11) is 0. The molecular weight excluding hydrogens is 377 g/mol. The number of ketones is 1. The van der Waals surface area contributed by atoms with Gasteiger partial charge in [-0.25, -0.2) is 0 Å². The minimum absolute atomic E-state index is 0. The number of hydrogen-bond donors (Lipinski definition) is 1. The van der Waals surface area contributed by atoms with Gasteiger partial charge in [0.2, 0.25) is 0 Å². The number of quaternary nitrogens is 1. The van der Waals surface area contributed by atoms with E-state index >= 15 is 0 Å². The van der Waals surface area contributed by atoms with Gasteiger partial charge in [0.25, 0.3) is 0 Å². The summed E-state index contributed by atoms with van der Waals surface area (Å²) in [5, 5.41) is 0. The minimum atomic E-state index is -4.33. The molecule has 1 aromatic rings. The van der Waals surface area contributed by atoms with Gasteiger partial charge in [0, 0.05) is 5.69 Å². The summed E-state index contributed by atoms with van der Waals surface area (Å²) in [6, 6.07) is 5.78. The van der Waals surface area contributed by atoms with Gasteiger partial charge >= 0.3 is 6.18 Å². The first-order valence-electron chi connectivity index (χ1n) is 9.42. The van der Waals surface area contributed by atoms with E-state index in [1.54, 1.807) is 12.1 Å². The number of halogens is 4. The molecule has 1 aromatic carbocycles. The maximum atomic E-state index is 13.2. The molecule has 27 heavy (non-hydrogen) atoms. The Bertz CT molecular complexity index is 667. The Balaban J connectivity index is 0.00000261. The fourth-order valence-corrected chi connectivity index (χ4v) is 3.85. The molecular formula is C20H26ClF3N2O. The number of piperazine rings is 1. The number of carbonyl (C=O) groups excluding carboxylic acids is 1. The van der Waals surface area contributed by atoms with Crippen molar-refractivity contribution in [3.63, 3.8) is 0 Å². The molecule has 0 aromatic heterocycles. The number of nitrogens with one attached hydrogen (secondary N) is 1. The molecule has 0 saturated carbocycles. The second-order valence-electron chi connectivity index (χ2n) is 7.15. The van der Waals surface area contributed by atoms with Gasteiger partial charge in [-0.3, -0.25) is 4.79 Å². The average molecular weight is 403 g/mol. The van der Waals surface area contributed by atoms with E-state index in [0.29, 0.717) is 19.5 Å². The van der Waals surface area contributed by atoms with Gasteiger partial charge in [-0.1, -0.05) is 18.2 Å². The highest BCUT2D eigenvalue weighted by Gasteiger charge is 2.35. The lowest BCUT2D eigenvalue weighted by Crippen LogP contribution is -3.15. The molecule has 0 radical (unpaired) electrons. The van der Waals surface area contributed by atoms with Gasteiger partial charge in [-0.05, 0) is 43.4 Å². The van der Waals surface area contributed by atoms with Crippen molar-refractivity contribution in [3.05, 3.63) is 41.5 Å². The van der Waals surface area contributed by atoms with Crippen LogP contribution < -0.4 is 22.2 Å². The summed E-state index contributed by atoms with van der Waals surface area (Å²) in [4.78, 5) is 15.4. The molecule has 3 rings (SSSR count). The molecule has 1 aliphatic carbocycles. The number of carbonyl (C=O) groups is 1. The van der Waals surface area contributed by atoms with Crippen molar-refractivity contribution in [1.29, 1.82) is 0 Å². The van der Waals surface area contributed by atoms with Crippen LogP contribution in [-0.2, 0) is 11.0 Å². The van der Waals surface area contributed by atoms with Crippen LogP contribution in [0.25, 0.3) is 0 Å². The van der Waals surface area contributed by atoms with E-state index in [-0.39, 0.29) is 23.9 Å². The number of para-hydroxylation sites is 1. The summed E-state index contributed by atoms with van der Waals surface area (Å²) < 4.78 is 39.6. The number of benzene rings is 1. The van der Waals surface area contributed by atoms with E-state index in [1.807, 2.05) is 4.90 Å². The van der Waals surface area contributed by atoms with Crippen molar-refractivity contribution in [2.45, 2.75) is 38.3 Å². The summed E-state index contributed by atoms with van der Waals surface area (Å²) in [6.07, 6.45) is 2.46. The molecule has 3 nitrogen and oxygen atoms in total. The molecule has 1 saturated heterocycles. The monoisotopic (exact) mass is 402 g/mol. The average Bonchev–Trinajstić information content (AvgIpc) is 2.66. The van der Waals surface area contributed by atoms with Crippen molar-refractivity contribution in [3.8, 4) is 0 Å². The lowest BCUT2D eigenvalue weighted by atomic mass is 9.95. The zero-order valence-electron chi connectivity index (χ0n) is 15.3. The number of allylic oxidation sites excluding steroid dienone is 2. The first-order chi connectivity index (χ1) is 12.4. The number of alkyl halides is 3. The minimum Gasteiger partial charge on any atom is -1.00 e. The van der Waals surface area contributed by atoms with Gasteiger partial charge in [-0.15, -0.1) is 0 Å². The van der Waals surface area contributed by atoms with Crippen LogP contribution in [0.4, 0.5) is 18.9 Å². The number of hydrogen-bond acceptors (Lipinski definition) is 2. The lowest BCUT2D eigenvalue weighted by molar-refractivity contribution is -0.899. The molecule has 1 fully saturated rings. The summed E-state index contributed by atoms with van der Waals surface area (Å²) in [5.74, 6) is 0.252. The maximum absolute atomic E-state index is 13.2. The number of rotatable bonds is 5. The number of anilines is 1. The van der Waals surface area contributed by atoms with Gasteiger partial charge in [-0.2, -0.15) is 13.2 Å². The van der Waals surface area contributed by atoms with Crippen molar-refractivity contribution in [2.75, 3.05) is 37.6 Å². The van der Waals surface area contributed by atoms with Gasteiger partial charge in [0.1, 0.15) is 0 Å². The lowest BCUT2D eigenvalue weighted by Gasteiger charge is -2.34. The van der Waals surface area contributed by atoms with Crippen molar-refractivity contribution >= 4 is 11.5 Å². The fraction of sp³-hybridized carbons (Fsp3) is 0.550. The first-order valence-corrected chi connectivity index (χ1v) is 9.42. The standard InChI is InChI=1S/C20H25F3N2O.ClH/c21-20(22,23)17-8-4-5-9-18(17)25-14-12-24(13-15-25)11-10-19(26)16-6-2-1-3-7-16;/h4-6,8-9H,1-3,7,10-15H2;1H. The van der Waals surface area contributed by atoms with Crippen LogP contribution in [0, 0.1) is 0 Å². The molecule has 0 spiro atoms.